The molecule has 1 N–H and O–H groups in total. The maximum atomic E-state index is 14.2. The number of hydrogen-bond acceptors (Lipinski definition) is 4. The van der Waals surface area contributed by atoms with E-state index >= 15 is 0 Å². The Morgan fingerprint density at radius 1 is 1.07 bits per heavy atom. The average Bonchev–Trinajstić information content (AvgIpc) is 3.21. The Hall–Kier alpha value is -3.19. The van der Waals surface area contributed by atoms with Gasteiger partial charge in [-0.2, -0.15) is 0 Å². The van der Waals surface area contributed by atoms with Gasteiger partial charge in [-0.05, 0) is 30.3 Å². The van der Waals surface area contributed by atoms with Crippen LogP contribution >= 0.6 is 11.3 Å². The second-order valence-corrected chi connectivity index (χ2v) is 7.91. The first-order valence-corrected chi connectivity index (χ1v) is 10.0. The summed E-state index contributed by atoms with van der Waals surface area (Å²) in [4.78, 5) is 30.4. The van der Waals surface area contributed by atoms with Crippen molar-refractivity contribution in [3.8, 4) is 10.4 Å². The van der Waals surface area contributed by atoms with E-state index in [1.54, 1.807) is 43.3 Å². The number of nitrogens with zero attached hydrogens (tertiary/aromatic N) is 2. The maximum Gasteiger partial charge on any atom is 0.257 e. The molecule has 0 saturated heterocycles. The Morgan fingerprint density at radius 3 is 2.48 bits per heavy atom. The van der Waals surface area contributed by atoms with E-state index in [9.17, 15) is 14.0 Å². The molecule has 2 heterocycles. The lowest BCUT2D eigenvalue weighted by Crippen LogP contribution is -2.50. The monoisotopic (exact) mass is 409 g/mol. The van der Waals surface area contributed by atoms with Crippen molar-refractivity contribution in [3.05, 3.63) is 76.9 Å². The SMILES string of the molecule is CNC(=O)CN1c2ccccc2C(=O)N(C)[C@H]1c1ccc(-c2ccccc2F)s1. The van der Waals surface area contributed by atoms with Gasteiger partial charge in [0.2, 0.25) is 5.91 Å². The molecule has 148 valence electrons. The highest BCUT2D eigenvalue weighted by Gasteiger charge is 2.37. The number of fused-ring (bicyclic) bond motifs is 1. The van der Waals surface area contributed by atoms with E-state index in [1.807, 2.05) is 35.2 Å². The molecule has 0 unspecified atom stereocenters. The van der Waals surface area contributed by atoms with Gasteiger partial charge in [0.05, 0.1) is 17.8 Å². The first-order valence-electron chi connectivity index (χ1n) is 9.19. The zero-order valence-electron chi connectivity index (χ0n) is 16.1. The van der Waals surface area contributed by atoms with Gasteiger partial charge in [-0.1, -0.05) is 30.3 Å². The molecule has 0 bridgehead atoms. The normalized spacial score (nSPS) is 16.0. The minimum atomic E-state index is -0.458. The van der Waals surface area contributed by atoms with Crippen LogP contribution in [0.4, 0.5) is 10.1 Å². The fourth-order valence-corrected chi connectivity index (χ4v) is 4.79. The predicted molar refractivity (Wildman–Crippen MR) is 112 cm³/mol. The van der Waals surface area contributed by atoms with Crippen LogP contribution in [0.5, 0.6) is 0 Å². The van der Waals surface area contributed by atoms with E-state index in [4.69, 9.17) is 0 Å². The summed E-state index contributed by atoms with van der Waals surface area (Å²) in [7, 11) is 3.31. The van der Waals surface area contributed by atoms with Gasteiger partial charge in [-0.3, -0.25) is 9.59 Å². The summed E-state index contributed by atoms with van der Waals surface area (Å²) in [6.45, 7) is 0.0999. The van der Waals surface area contributed by atoms with Gasteiger partial charge in [-0.15, -0.1) is 11.3 Å². The molecule has 3 aromatic rings. The zero-order chi connectivity index (χ0) is 20.5. The van der Waals surface area contributed by atoms with Crippen molar-refractivity contribution in [1.82, 2.24) is 10.2 Å². The van der Waals surface area contributed by atoms with Gasteiger partial charge in [0.15, 0.2) is 0 Å². The molecule has 1 aliphatic rings. The number of benzene rings is 2. The van der Waals surface area contributed by atoms with Crippen LogP contribution in [-0.4, -0.2) is 37.4 Å². The topological polar surface area (TPSA) is 52.7 Å². The molecule has 2 amide bonds. The van der Waals surface area contributed by atoms with Crippen LogP contribution in [-0.2, 0) is 4.79 Å². The van der Waals surface area contributed by atoms with E-state index in [2.05, 4.69) is 5.32 Å². The van der Waals surface area contributed by atoms with Crippen LogP contribution in [0.1, 0.15) is 21.4 Å². The summed E-state index contributed by atoms with van der Waals surface area (Å²) in [5.74, 6) is -0.556. The summed E-state index contributed by atoms with van der Waals surface area (Å²) in [6, 6.07) is 17.6. The third kappa shape index (κ3) is 3.38. The second-order valence-electron chi connectivity index (χ2n) is 6.79. The van der Waals surface area contributed by atoms with Crippen LogP contribution < -0.4 is 10.2 Å². The summed E-state index contributed by atoms with van der Waals surface area (Å²) in [5, 5.41) is 2.65. The van der Waals surface area contributed by atoms with Crippen LogP contribution in [0.2, 0.25) is 0 Å². The molecule has 0 aliphatic carbocycles. The Kier molecular flexibility index (Phi) is 5.07. The fourth-order valence-electron chi connectivity index (χ4n) is 3.59. The average molecular weight is 409 g/mol. The van der Waals surface area contributed by atoms with Gasteiger partial charge in [0.25, 0.3) is 5.91 Å². The van der Waals surface area contributed by atoms with E-state index in [0.29, 0.717) is 16.8 Å². The summed E-state index contributed by atoms with van der Waals surface area (Å²) >= 11 is 1.42. The number of rotatable bonds is 4. The summed E-state index contributed by atoms with van der Waals surface area (Å²) in [5.41, 5.74) is 1.79. The molecule has 5 nitrogen and oxygen atoms in total. The molecule has 1 aliphatic heterocycles. The molecule has 0 saturated carbocycles. The van der Waals surface area contributed by atoms with Crippen molar-refractivity contribution < 1.29 is 14.0 Å². The number of hydrogen-bond donors (Lipinski definition) is 1. The molecule has 7 heteroatoms. The van der Waals surface area contributed by atoms with Crippen LogP contribution in [0, 0.1) is 5.82 Å². The first-order chi connectivity index (χ1) is 14.0. The number of thiophene rings is 1. The molecule has 2 aromatic carbocycles. The lowest BCUT2D eigenvalue weighted by molar-refractivity contribution is -0.119. The Bertz CT molecular complexity index is 1080. The number of para-hydroxylation sites is 1. The lowest BCUT2D eigenvalue weighted by Gasteiger charge is -2.43. The molecule has 0 fully saturated rings. The molecule has 29 heavy (non-hydrogen) atoms. The number of carbonyl (C=O) groups excluding carboxylic acids is 2. The van der Waals surface area contributed by atoms with Gasteiger partial charge in [0.1, 0.15) is 12.0 Å². The van der Waals surface area contributed by atoms with Crippen molar-refractivity contribution in [2.75, 3.05) is 25.5 Å². The number of amides is 2. The summed E-state index contributed by atoms with van der Waals surface area (Å²) in [6.07, 6.45) is -0.458. The molecule has 0 spiro atoms. The zero-order valence-corrected chi connectivity index (χ0v) is 16.9. The van der Waals surface area contributed by atoms with E-state index in [-0.39, 0.29) is 24.2 Å². The molecule has 1 atom stereocenters. The fraction of sp³-hybridized carbons (Fsp3) is 0.182. The Balaban J connectivity index is 1.80. The van der Waals surface area contributed by atoms with Crippen molar-refractivity contribution in [3.63, 3.8) is 0 Å². The quantitative estimate of drug-likeness (QED) is 0.711. The maximum absolute atomic E-state index is 14.2. The molecule has 1 aromatic heterocycles. The Labute approximate surface area is 172 Å². The number of carbonyl (C=O) groups is 2. The van der Waals surface area contributed by atoms with Gasteiger partial charge in [0, 0.05) is 29.4 Å². The van der Waals surface area contributed by atoms with Crippen LogP contribution in [0.15, 0.2) is 60.7 Å². The van der Waals surface area contributed by atoms with Crippen molar-refractivity contribution in [2.45, 2.75) is 6.17 Å². The Morgan fingerprint density at radius 2 is 1.76 bits per heavy atom. The highest BCUT2D eigenvalue weighted by atomic mass is 32.1. The third-order valence-electron chi connectivity index (χ3n) is 5.04. The van der Waals surface area contributed by atoms with Crippen molar-refractivity contribution >= 4 is 28.8 Å². The highest BCUT2D eigenvalue weighted by Crippen LogP contribution is 2.42. The van der Waals surface area contributed by atoms with Crippen molar-refractivity contribution in [2.24, 2.45) is 0 Å². The van der Waals surface area contributed by atoms with Crippen LogP contribution in [0.25, 0.3) is 10.4 Å². The van der Waals surface area contributed by atoms with Gasteiger partial charge >= 0.3 is 0 Å². The largest absolute Gasteiger partial charge is 0.358 e. The van der Waals surface area contributed by atoms with Crippen molar-refractivity contribution in [1.29, 1.82) is 0 Å². The molecular formula is C22H20FN3O2S. The number of nitrogens with one attached hydrogen (secondary N) is 1. The van der Waals surface area contributed by atoms with E-state index < -0.39 is 6.17 Å². The second kappa shape index (κ2) is 7.67. The van der Waals surface area contributed by atoms with Crippen LogP contribution in [0.3, 0.4) is 0 Å². The predicted octanol–water partition coefficient (Wildman–Crippen LogP) is 3.89. The smallest absolute Gasteiger partial charge is 0.257 e. The highest BCUT2D eigenvalue weighted by molar-refractivity contribution is 7.15. The third-order valence-corrected chi connectivity index (χ3v) is 6.20. The molecule has 4 rings (SSSR count). The minimum Gasteiger partial charge on any atom is -0.358 e. The lowest BCUT2D eigenvalue weighted by atomic mass is 10.0. The first kappa shape index (κ1) is 19.1. The molecular weight excluding hydrogens is 389 g/mol. The minimum absolute atomic E-state index is 0.0999. The van der Waals surface area contributed by atoms with Gasteiger partial charge < -0.3 is 15.1 Å². The molecule has 0 radical (unpaired) electrons. The van der Waals surface area contributed by atoms with E-state index in [1.165, 1.54) is 17.4 Å². The number of halogens is 1. The number of likely N-dealkylation sites (N-methyl/N-ethyl adjacent to an activating group) is 1. The van der Waals surface area contributed by atoms with Gasteiger partial charge in [-0.25, -0.2) is 4.39 Å². The van der Waals surface area contributed by atoms with E-state index in [0.717, 1.165) is 9.75 Å². The standard InChI is InChI=1S/C22H20FN3O2S/c1-24-20(27)13-26-17-10-6-4-8-15(17)22(28)25(2)21(26)19-12-11-18(29-19)14-7-3-5-9-16(14)23/h3-12,21H,13H2,1-2H3,(H,24,27)/t21-/m1/s1. The number of anilines is 1. The summed E-state index contributed by atoms with van der Waals surface area (Å²) < 4.78 is 14.2.